The number of aromatic nitrogens is 2. The summed E-state index contributed by atoms with van der Waals surface area (Å²) in [7, 11) is 1.26. The molecule has 1 aromatic carbocycles. The van der Waals surface area contributed by atoms with Crippen molar-refractivity contribution in [3.63, 3.8) is 0 Å². The zero-order valence-electron chi connectivity index (χ0n) is 15.4. The van der Waals surface area contributed by atoms with E-state index < -0.39 is 23.1 Å². The van der Waals surface area contributed by atoms with Crippen molar-refractivity contribution in [2.24, 2.45) is 7.05 Å². The Labute approximate surface area is 170 Å². The predicted octanol–water partition coefficient (Wildman–Crippen LogP) is 1.47. The van der Waals surface area contributed by atoms with Gasteiger partial charge < -0.3 is 10.1 Å². The third kappa shape index (κ3) is 5.12. The maximum absolute atomic E-state index is 12.3. The summed E-state index contributed by atoms with van der Waals surface area (Å²) in [6.07, 6.45) is 2.01. The summed E-state index contributed by atoms with van der Waals surface area (Å²) >= 11 is 6.14. The molecule has 8 nitrogen and oxygen atoms in total. The first-order valence-corrected chi connectivity index (χ1v) is 8.52. The van der Waals surface area contributed by atoms with E-state index in [1.54, 1.807) is 18.2 Å². The number of rotatable bonds is 5. The standard InChI is InChI=1S/C20H16ClN3O5/c1-4-15(25)22-17-18(21)24(20(28)23(3)19(17)27)11-7-9-13-8-6-10-14(12-13)29-16(26)5-2/h4-6,8,10,12H,1-2,11H2,3H3,(H,22,25). The fraction of sp³-hybridized carbons (Fsp3) is 0.100. The third-order valence-corrected chi connectivity index (χ3v) is 4.00. The highest BCUT2D eigenvalue weighted by molar-refractivity contribution is 6.32. The molecule has 148 valence electrons. The molecule has 0 saturated carbocycles. The quantitative estimate of drug-likeness (QED) is 0.263. The van der Waals surface area contributed by atoms with Gasteiger partial charge in [0.2, 0.25) is 5.91 Å². The van der Waals surface area contributed by atoms with Crippen LogP contribution in [0.2, 0.25) is 5.15 Å². The van der Waals surface area contributed by atoms with Gasteiger partial charge in [0.1, 0.15) is 16.6 Å². The molecule has 0 spiro atoms. The van der Waals surface area contributed by atoms with E-state index >= 15 is 0 Å². The smallest absolute Gasteiger partial charge is 0.335 e. The van der Waals surface area contributed by atoms with E-state index in [4.69, 9.17) is 16.3 Å². The number of benzene rings is 1. The summed E-state index contributed by atoms with van der Waals surface area (Å²) in [6.45, 7) is 6.47. The van der Waals surface area contributed by atoms with Crippen LogP contribution in [0, 0.1) is 11.8 Å². The topological polar surface area (TPSA) is 99.4 Å². The van der Waals surface area contributed by atoms with Gasteiger partial charge in [0.25, 0.3) is 5.56 Å². The number of halogens is 1. The van der Waals surface area contributed by atoms with Gasteiger partial charge in [-0.25, -0.2) is 9.59 Å². The van der Waals surface area contributed by atoms with E-state index in [1.165, 1.54) is 13.1 Å². The molecule has 0 unspecified atom stereocenters. The molecule has 2 aromatic rings. The van der Waals surface area contributed by atoms with E-state index in [-0.39, 0.29) is 23.1 Å². The maximum Gasteiger partial charge on any atom is 0.335 e. The van der Waals surface area contributed by atoms with Gasteiger partial charge in [-0.05, 0) is 24.3 Å². The second kappa shape index (κ2) is 9.39. The first-order chi connectivity index (χ1) is 13.8. The molecule has 9 heteroatoms. The fourth-order valence-electron chi connectivity index (χ4n) is 2.17. The molecule has 2 rings (SSSR count). The van der Waals surface area contributed by atoms with Crippen LogP contribution in [0.4, 0.5) is 5.69 Å². The summed E-state index contributed by atoms with van der Waals surface area (Å²) in [5.41, 5.74) is -1.18. The van der Waals surface area contributed by atoms with E-state index in [9.17, 15) is 19.2 Å². The number of hydrogen-bond donors (Lipinski definition) is 1. The lowest BCUT2D eigenvalue weighted by atomic mass is 10.2. The first-order valence-electron chi connectivity index (χ1n) is 8.14. The summed E-state index contributed by atoms with van der Waals surface area (Å²) in [6, 6.07) is 6.44. The van der Waals surface area contributed by atoms with Crippen molar-refractivity contribution >= 4 is 29.2 Å². The molecule has 0 aliphatic rings. The minimum absolute atomic E-state index is 0.153. The highest BCUT2D eigenvalue weighted by Crippen LogP contribution is 2.16. The molecular formula is C20H16ClN3O5. The number of nitrogens with one attached hydrogen (secondary N) is 1. The molecule has 1 heterocycles. The monoisotopic (exact) mass is 413 g/mol. The molecule has 1 N–H and O–H groups in total. The average molecular weight is 414 g/mol. The minimum Gasteiger partial charge on any atom is -0.423 e. The number of esters is 1. The normalized spacial score (nSPS) is 9.72. The molecule has 0 bridgehead atoms. The second-order valence-corrected chi connectivity index (χ2v) is 5.90. The molecule has 0 radical (unpaired) electrons. The Morgan fingerprint density at radius 1 is 1.28 bits per heavy atom. The van der Waals surface area contributed by atoms with Gasteiger partial charge in [-0.15, -0.1) is 0 Å². The average Bonchev–Trinajstić information content (AvgIpc) is 2.72. The second-order valence-electron chi connectivity index (χ2n) is 5.55. The zero-order chi connectivity index (χ0) is 21.6. The summed E-state index contributed by atoms with van der Waals surface area (Å²) in [5.74, 6) is 4.60. The predicted molar refractivity (Wildman–Crippen MR) is 109 cm³/mol. The number of anilines is 1. The Morgan fingerprint density at radius 2 is 2.00 bits per heavy atom. The lowest BCUT2D eigenvalue weighted by Gasteiger charge is -2.11. The van der Waals surface area contributed by atoms with Crippen LogP contribution in [0.3, 0.4) is 0 Å². The highest BCUT2D eigenvalue weighted by Gasteiger charge is 2.16. The fourth-order valence-corrected chi connectivity index (χ4v) is 2.44. The Hall–Kier alpha value is -3.83. The summed E-state index contributed by atoms with van der Waals surface area (Å²) < 4.78 is 6.86. The number of carbonyl (C=O) groups is 2. The SMILES string of the molecule is C=CC(=O)Nc1c(Cl)n(CC#Cc2cccc(OC(=O)C=C)c2)c(=O)n(C)c1=O. The van der Waals surface area contributed by atoms with Gasteiger partial charge in [0, 0.05) is 18.7 Å². The Kier molecular flexibility index (Phi) is 6.95. The lowest BCUT2D eigenvalue weighted by molar-refractivity contribution is -0.129. The van der Waals surface area contributed by atoms with Crippen LogP contribution in [0.5, 0.6) is 5.75 Å². The van der Waals surface area contributed by atoms with Crippen molar-refractivity contribution < 1.29 is 14.3 Å². The third-order valence-electron chi connectivity index (χ3n) is 3.60. The Bertz CT molecular complexity index is 1180. The minimum atomic E-state index is -0.754. The molecule has 0 atom stereocenters. The van der Waals surface area contributed by atoms with Gasteiger partial charge >= 0.3 is 11.7 Å². The number of nitrogens with zero attached hydrogens (tertiary/aromatic N) is 2. The van der Waals surface area contributed by atoms with Gasteiger partial charge in [-0.3, -0.25) is 18.7 Å². The van der Waals surface area contributed by atoms with Gasteiger partial charge in [-0.1, -0.05) is 42.7 Å². The van der Waals surface area contributed by atoms with Crippen LogP contribution in [0.1, 0.15) is 5.56 Å². The van der Waals surface area contributed by atoms with Gasteiger partial charge in [-0.2, -0.15) is 0 Å². The van der Waals surface area contributed by atoms with Crippen LogP contribution >= 0.6 is 11.6 Å². The summed E-state index contributed by atoms with van der Waals surface area (Å²) in [4.78, 5) is 47.3. The van der Waals surface area contributed by atoms with Gasteiger partial charge in [0.05, 0.1) is 6.54 Å². The molecule has 1 amide bonds. The zero-order valence-corrected chi connectivity index (χ0v) is 16.2. The Morgan fingerprint density at radius 3 is 2.66 bits per heavy atom. The molecular weight excluding hydrogens is 398 g/mol. The van der Waals surface area contributed by atoms with E-state index in [1.807, 2.05) is 0 Å². The molecule has 1 aromatic heterocycles. The van der Waals surface area contributed by atoms with Gasteiger partial charge in [0.15, 0.2) is 0 Å². The Balaban J connectivity index is 2.36. The summed E-state index contributed by atoms with van der Waals surface area (Å²) in [5, 5.41) is 2.04. The van der Waals surface area contributed by atoms with Crippen LogP contribution in [0.25, 0.3) is 0 Å². The van der Waals surface area contributed by atoms with E-state index in [2.05, 4.69) is 30.3 Å². The number of ether oxygens (including phenoxy) is 1. The highest BCUT2D eigenvalue weighted by atomic mass is 35.5. The largest absolute Gasteiger partial charge is 0.423 e. The van der Waals surface area contributed by atoms with Crippen molar-refractivity contribution in [2.75, 3.05) is 5.32 Å². The maximum atomic E-state index is 12.3. The molecule has 29 heavy (non-hydrogen) atoms. The lowest BCUT2D eigenvalue weighted by Crippen LogP contribution is -2.40. The molecule has 0 aliphatic carbocycles. The van der Waals surface area contributed by atoms with Crippen LogP contribution in [-0.2, 0) is 23.2 Å². The molecule has 0 aliphatic heterocycles. The van der Waals surface area contributed by atoms with Crippen LogP contribution < -0.4 is 21.3 Å². The van der Waals surface area contributed by atoms with E-state index in [0.717, 1.165) is 21.3 Å². The number of carbonyl (C=O) groups excluding carboxylic acids is 2. The first kappa shape index (κ1) is 21.5. The number of hydrogen-bond acceptors (Lipinski definition) is 5. The number of amides is 1. The van der Waals surface area contributed by atoms with Crippen molar-refractivity contribution in [3.8, 4) is 17.6 Å². The van der Waals surface area contributed by atoms with Crippen molar-refractivity contribution in [1.29, 1.82) is 0 Å². The van der Waals surface area contributed by atoms with Crippen molar-refractivity contribution in [2.45, 2.75) is 6.54 Å². The van der Waals surface area contributed by atoms with Crippen LogP contribution in [0.15, 0.2) is 59.2 Å². The van der Waals surface area contributed by atoms with E-state index in [0.29, 0.717) is 5.56 Å². The van der Waals surface area contributed by atoms with Crippen molar-refractivity contribution in [3.05, 3.63) is 81.1 Å². The molecule has 0 saturated heterocycles. The molecule has 0 fully saturated rings. The van der Waals surface area contributed by atoms with Crippen molar-refractivity contribution in [1.82, 2.24) is 9.13 Å². The van der Waals surface area contributed by atoms with Crippen LogP contribution in [-0.4, -0.2) is 21.0 Å².